The van der Waals surface area contributed by atoms with Gasteiger partial charge in [-0.25, -0.2) is 4.39 Å². The molecule has 0 saturated heterocycles. The number of nitrogens with one attached hydrogen (secondary N) is 1. The molecule has 0 heterocycles. The summed E-state index contributed by atoms with van der Waals surface area (Å²) < 4.78 is 24.5. The van der Waals surface area contributed by atoms with Crippen LogP contribution >= 0.6 is 0 Å². The Morgan fingerprint density at radius 2 is 2.19 bits per heavy atom. The molecule has 0 amide bonds. The second-order valence-corrected chi connectivity index (χ2v) is 5.25. The first-order chi connectivity index (χ1) is 10.1. The Labute approximate surface area is 124 Å². The van der Waals surface area contributed by atoms with E-state index in [9.17, 15) is 9.18 Å². The second-order valence-electron chi connectivity index (χ2n) is 5.25. The lowest BCUT2D eigenvalue weighted by molar-refractivity contribution is -0.151. The van der Waals surface area contributed by atoms with E-state index in [2.05, 4.69) is 5.32 Å². The van der Waals surface area contributed by atoms with Crippen LogP contribution in [-0.4, -0.2) is 30.8 Å². The Morgan fingerprint density at radius 3 is 2.86 bits per heavy atom. The van der Waals surface area contributed by atoms with Gasteiger partial charge in [0.1, 0.15) is 11.6 Å². The summed E-state index contributed by atoms with van der Waals surface area (Å²) in [5, 5.41) is 3.22. The van der Waals surface area contributed by atoms with E-state index < -0.39 is 5.54 Å². The van der Waals surface area contributed by atoms with Crippen LogP contribution in [0.15, 0.2) is 24.3 Å². The topological polar surface area (TPSA) is 47.6 Å². The third-order valence-corrected chi connectivity index (χ3v) is 3.78. The van der Waals surface area contributed by atoms with Gasteiger partial charge >= 0.3 is 5.97 Å². The van der Waals surface area contributed by atoms with Crippen LogP contribution in [-0.2, 0) is 9.53 Å². The zero-order valence-corrected chi connectivity index (χ0v) is 12.5. The smallest absolute Gasteiger partial charge is 0.326 e. The van der Waals surface area contributed by atoms with Crippen LogP contribution in [0.5, 0.6) is 5.75 Å². The molecule has 0 aromatic heterocycles. The first-order valence-electron chi connectivity index (χ1n) is 7.44. The van der Waals surface area contributed by atoms with Crippen molar-refractivity contribution >= 4 is 5.97 Å². The van der Waals surface area contributed by atoms with Crippen LogP contribution in [0.1, 0.15) is 33.1 Å². The summed E-state index contributed by atoms with van der Waals surface area (Å²) in [4.78, 5) is 12.2. The van der Waals surface area contributed by atoms with E-state index in [0.717, 1.165) is 0 Å². The molecule has 21 heavy (non-hydrogen) atoms. The van der Waals surface area contributed by atoms with Crippen molar-refractivity contribution in [3.8, 4) is 5.75 Å². The van der Waals surface area contributed by atoms with Gasteiger partial charge in [-0.05, 0) is 38.4 Å². The summed E-state index contributed by atoms with van der Waals surface area (Å²) in [7, 11) is 0. The van der Waals surface area contributed by atoms with Gasteiger partial charge < -0.3 is 14.8 Å². The summed E-state index contributed by atoms with van der Waals surface area (Å²) in [5.74, 6) is -0.389. The quantitative estimate of drug-likeness (QED) is 0.820. The van der Waals surface area contributed by atoms with Crippen molar-refractivity contribution in [1.82, 2.24) is 5.32 Å². The number of likely N-dealkylation sites (N-methyl/N-ethyl adjacent to an activating group) is 1. The molecule has 2 rings (SSSR count). The molecule has 1 aliphatic rings. The monoisotopic (exact) mass is 295 g/mol. The lowest BCUT2D eigenvalue weighted by Crippen LogP contribution is -2.51. The fraction of sp³-hybridized carbons (Fsp3) is 0.562. The Bertz CT molecular complexity index is 494. The second kappa shape index (κ2) is 6.89. The van der Waals surface area contributed by atoms with Gasteiger partial charge in [-0.2, -0.15) is 0 Å². The lowest BCUT2D eigenvalue weighted by atomic mass is 9.97. The molecule has 116 valence electrons. The summed E-state index contributed by atoms with van der Waals surface area (Å²) in [6.45, 7) is 4.77. The highest BCUT2D eigenvalue weighted by Crippen LogP contribution is 2.34. The molecule has 2 unspecified atom stereocenters. The molecule has 0 aliphatic heterocycles. The molecule has 1 aromatic carbocycles. The predicted molar refractivity (Wildman–Crippen MR) is 77.7 cm³/mol. The van der Waals surface area contributed by atoms with Gasteiger partial charge in [0, 0.05) is 6.42 Å². The van der Waals surface area contributed by atoms with Crippen molar-refractivity contribution in [2.75, 3.05) is 13.2 Å². The molecule has 0 spiro atoms. The Hall–Kier alpha value is -1.62. The molecule has 2 atom stereocenters. The maximum atomic E-state index is 13.6. The molecule has 4 nitrogen and oxygen atoms in total. The largest absolute Gasteiger partial charge is 0.487 e. The lowest BCUT2D eigenvalue weighted by Gasteiger charge is -2.27. The molecule has 1 fully saturated rings. The van der Waals surface area contributed by atoms with Crippen molar-refractivity contribution in [2.45, 2.75) is 44.8 Å². The number of carbonyl (C=O) groups excluding carboxylic acids is 1. The highest BCUT2D eigenvalue weighted by atomic mass is 19.1. The number of esters is 1. The zero-order chi connectivity index (χ0) is 15.3. The molecule has 1 saturated carbocycles. The third kappa shape index (κ3) is 3.53. The average Bonchev–Trinajstić information content (AvgIpc) is 2.87. The highest BCUT2D eigenvalue weighted by Gasteiger charge is 2.47. The van der Waals surface area contributed by atoms with E-state index >= 15 is 0 Å². The molecule has 1 N–H and O–H groups in total. The van der Waals surface area contributed by atoms with E-state index in [4.69, 9.17) is 9.47 Å². The minimum atomic E-state index is -0.708. The first-order valence-corrected chi connectivity index (χ1v) is 7.44. The summed E-state index contributed by atoms with van der Waals surface area (Å²) >= 11 is 0. The van der Waals surface area contributed by atoms with Gasteiger partial charge in [-0.1, -0.05) is 19.1 Å². The average molecular weight is 295 g/mol. The van der Waals surface area contributed by atoms with Gasteiger partial charge in [0.25, 0.3) is 0 Å². The number of halogens is 1. The Morgan fingerprint density at radius 1 is 1.43 bits per heavy atom. The summed E-state index contributed by atoms with van der Waals surface area (Å²) in [6.07, 6.45) is 1.64. The first kappa shape index (κ1) is 15.8. The van der Waals surface area contributed by atoms with Crippen molar-refractivity contribution in [1.29, 1.82) is 0 Å². The van der Waals surface area contributed by atoms with Crippen molar-refractivity contribution in [2.24, 2.45) is 0 Å². The van der Waals surface area contributed by atoms with Crippen molar-refractivity contribution in [3.05, 3.63) is 30.1 Å². The maximum Gasteiger partial charge on any atom is 0.326 e. The Kier molecular flexibility index (Phi) is 5.17. The van der Waals surface area contributed by atoms with Gasteiger partial charge in [0.05, 0.1) is 6.61 Å². The number of carbonyl (C=O) groups is 1. The summed E-state index contributed by atoms with van der Waals surface area (Å²) in [6, 6.07) is 6.33. The van der Waals surface area contributed by atoms with Crippen LogP contribution in [0.3, 0.4) is 0 Å². The SMILES string of the molecule is CCNC1(C(=O)OCC)CCC(Oc2ccccc2F)C1. The van der Waals surface area contributed by atoms with Gasteiger partial charge in [0.2, 0.25) is 0 Å². The van der Waals surface area contributed by atoms with Gasteiger partial charge in [0.15, 0.2) is 11.6 Å². The molecule has 0 radical (unpaired) electrons. The highest BCUT2D eigenvalue weighted by molar-refractivity contribution is 5.81. The maximum absolute atomic E-state index is 13.6. The van der Waals surface area contributed by atoms with Crippen molar-refractivity contribution < 1.29 is 18.7 Å². The molecule has 1 aromatic rings. The van der Waals surface area contributed by atoms with E-state index in [-0.39, 0.29) is 23.6 Å². The number of rotatable bonds is 6. The molecular formula is C16H22FNO3. The van der Waals surface area contributed by atoms with Crippen LogP contribution in [0.25, 0.3) is 0 Å². The molecule has 0 bridgehead atoms. The fourth-order valence-corrected chi connectivity index (χ4v) is 2.85. The number of para-hydroxylation sites is 1. The number of ether oxygens (including phenoxy) is 2. The predicted octanol–water partition coefficient (Wildman–Crippen LogP) is 2.67. The zero-order valence-electron chi connectivity index (χ0n) is 12.5. The minimum absolute atomic E-state index is 0.189. The van der Waals surface area contributed by atoms with E-state index in [1.807, 2.05) is 6.92 Å². The normalized spacial score (nSPS) is 24.8. The molecule has 5 heteroatoms. The standard InChI is InChI=1S/C16H22FNO3/c1-3-18-16(15(19)20-4-2)10-9-12(11-16)21-14-8-6-5-7-13(14)17/h5-8,12,18H,3-4,9-11H2,1-2H3. The van der Waals surface area contributed by atoms with Crippen molar-refractivity contribution in [3.63, 3.8) is 0 Å². The Balaban J connectivity index is 2.06. The van der Waals surface area contributed by atoms with E-state index in [1.165, 1.54) is 6.07 Å². The number of hydrogen-bond acceptors (Lipinski definition) is 4. The van der Waals surface area contributed by atoms with Crippen LogP contribution < -0.4 is 10.1 Å². The van der Waals surface area contributed by atoms with E-state index in [1.54, 1.807) is 25.1 Å². The third-order valence-electron chi connectivity index (χ3n) is 3.78. The number of benzene rings is 1. The molecule has 1 aliphatic carbocycles. The number of hydrogen-bond donors (Lipinski definition) is 1. The van der Waals surface area contributed by atoms with Gasteiger partial charge in [-0.3, -0.25) is 4.79 Å². The van der Waals surface area contributed by atoms with Crippen LogP contribution in [0.4, 0.5) is 4.39 Å². The van der Waals surface area contributed by atoms with Crippen LogP contribution in [0, 0.1) is 5.82 Å². The molecular weight excluding hydrogens is 273 g/mol. The van der Waals surface area contributed by atoms with Gasteiger partial charge in [-0.15, -0.1) is 0 Å². The summed E-state index contributed by atoms with van der Waals surface area (Å²) in [5.41, 5.74) is -0.708. The van der Waals surface area contributed by atoms with E-state index in [0.29, 0.717) is 32.4 Å². The minimum Gasteiger partial charge on any atom is -0.487 e. The van der Waals surface area contributed by atoms with Crippen LogP contribution in [0.2, 0.25) is 0 Å². The fourth-order valence-electron chi connectivity index (χ4n) is 2.85.